The lowest BCUT2D eigenvalue weighted by molar-refractivity contribution is -0.142. The Bertz CT molecular complexity index is 251. The first-order valence-electron chi connectivity index (χ1n) is 7.54. The van der Waals surface area contributed by atoms with Gasteiger partial charge in [-0.1, -0.05) is 32.8 Å². The molecular weight excluding hydrogens is 238 g/mol. The summed E-state index contributed by atoms with van der Waals surface area (Å²) >= 11 is 0. The van der Waals surface area contributed by atoms with Crippen molar-refractivity contribution in [3.63, 3.8) is 0 Å². The Hall–Kier alpha value is -0.830. The fourth-order valence-electron chi connectivity index (χ4n) is 2.20. The Morgan fingerprint density at radius 3 is 2.47 bits per heavy atom. The molecular formula is C16H31NO2. The van der Waals surface area contributed by atoms with Crippen molar-refractivity contribution in [2.45, 2.75) is 65.3 Å². The lowest BCUT2D eigenvalue weighted by Gasteiger charge is -2.19. The summed E-state index contributed by atoms with van der Waals surface area (Å²) < 4.78 is 0. The molecule has 0 saturated heterocycles. The van der Waals surface area contributed by atoms with E-state index in [0.717, 1.165) is 19.3 Å². The van der Waals surface area contributed by atoms with Crippen LogP contribution in [0.2, 0.25) is 0 Å². The molecule has 0 heterocycles. The van der Waals surface area contributed by atoms with Crippen LogP contribution in [-0.4, -0.2) is 23.7 Å². The van der Waals surface area contributed by atoms with Gasteiger partial charge in [0.25, 0.3) is 0 Å². The number of allylic oxidation sites excluding steroid dienone is 1. The molecule has 0 aromatic carbocycles. The summed E-state index contributed by atoms with van der Waals surface area (Å²) in [6, 6.07) is 0.401. The molecule has 112 valence electrons. The zero-order valence-electron chi connectivity index (χ0n) is 12.8. The zero-order valence-corrected chi connectivity index (χ0v) is 12.8. The Morgan fingerprint density at radius 2 is 1.95 bits per heavy atom. The van der Waals surface area contributed by atoms with E-state index in [4.69, 9.17) is 5.11 Å². The molecule has 0 saturated carbocycles. The van der Waals surface area contributed by atoms with E-state index in [2.05, 4.69) is 32.7 Å². The standard InChI is InChI=1S/C16H31NO2/c1-5-6-7-8-9-10-14(4)17-12-15(16(18)19)11-13(2)3/h5,13-15,17H,1,6-12H2,2-4H3,(H,18,19). The third kappa shape index (κ3) is 10.8. The monoisotopic (exact) mass is 269 g/mol. The number of hydrogen-bond donors (Lipinski definition) is 2. The largest absolute Gasteiger partial charge is 0.481 e. The highest BCUT2D eigenvalue weighted by Crippen LogP contribution is 2.12. The number of carboxylic acid groups (broad SMARTS) is 1. The van der Waals surface area contributed by atoms with Gasteiger partial charge in [-0.2, -0.15) is 0 Å². The van der Waals surface area contributed by atoms with E-state index in [-0.39, 0.29) is 5.92 Å². The highest BCUT2D eigenvalue weighted by atomic mass is 16.4. The van der Waals surface area contributed by atoms with Crippen LogP contribution in [0.1, 0.15) is 59.3 Å². The Kier molecular flexibility index (Phi) is 10.6. The predicted octanol–water partition coefficient (Wildman–Crippen LogP) is 3.85. The Balaban J connectivity index is 3.76. The lowest BCUT2D eigenvalue weighted by Crippen LogP contribution is -2.35. The molecule has 0 bridgehead atoms. The smallest absolute Gasteiger partial charge is 0.307 e. The van der Waals surface area contributed by atoms with Crippen LogP contribution in [0.3, 0.4) is 0 Å². The summed E-state index contributed by atoms with van der Waals surface area (Å²) in [7, 11) is 0. The van der Waals surface area contributed by atoms with Gasteiger partial charge in [-0.25, -0.2) is 0 Å². The van der Waals surface area contributed by atoms with Crippen molar-refractivity contribution in [3.8, 4) is 0 Å². The zero-order chi connectivity index (χ0) is 14.7. The van der Waals surface area contributed by atoms with E-state index in [1.165, 1.54) is 19.3 Å². The lowest BCUT2D eigenvalue weighted by atomic mass is 9.96. The van der Waals surface area contributed by atoms with E-state index in [1.54, 1.807) is 0 Å². The average Bonchev–Trinajstić information content (AvgIpc) is 2.33. The van der Waals surface area contributed by atoms with Crippen LogP contribution in [0.15, 0.2) is 12.7 Å². The van der Waals surface area contributed by atoms with Gasteiger partial charge in [-0.05, 0) is 38.5 Å². The maximum atomic E-state index is 11.1. The van der Waals surface area contributed by atoms with E-state index < -0.39 is 5.97 Å². The minimum atomic E-state index is -0.681. The summed E-state index contributed by atoms with van der Waals surface area (Å²) in [5, 5.41) is 12.5. The fraction of sp³-hybridized carbons (Fsp3) is 0.812. The van der Waals surface area contributed by atoms with Crippen LogP contribution in [0.25, 0.3) is 0 Å². The van der Waals surface area contributed by atoms with Gasteiger partial charge in [0.1, 0.15) is 0 Å². The molecule has 0 radical (unpaired) electrons. The molecule has 3 heteroatoms. The molecule has 0 fully saturated rings. The van der Waals surface area contributed by atoms with Crippen molar-refractivity contribution in [1.29, 1.82) is 0 Å². The number of carboxylic acids is 1. The van der Waals surface area contributed by atoms with Crippen LogP contribution in [-0.2, 0) is 4.79 Å². The molecule has 0 rings (SSSR count). The van der Waals surface area contributed by atoms with Gasteiger partial charge in [0.15, 0.2) is 0 Å². The van der Waals surface area contributed by atoms with Gasteiger partial charge < -0.3 is 10.4 Å². The van der Waals surface area contributed by atoms with Crippen molar-refractivity contribution in [3.05, 3.63) is 12.7 Å². The minimum absolute atomic E-state index is 0.261. The fourth-order valence-corrected chi connectivity index (χ4v) is 2.20. The van der Waals surface area contributed by atoms with Crippen LogP contribution in [0.5, 0.6) is 0 Å². The molecule has 0 aliphatic heterocycles. The van der Waals surface area contributed by atoms with Crippen molar-refractivity contribution in [2.24, 2.45) is 11.8 Å². The van der Waals surface area contributed by atoms with Crippen LogP contribution >= 0.6 is 0 Å². The summed E-state index contributed by atoms with van der Waals surface area (Å²) in [6.07, 6.45) is 8.56. The van der Waals surface area contributed by atoms with E-state index in [1.807, 2.05) is 6.08 Å². The van der Waals surface area contributed by atoms with Crippen LogP contribution in [0.4, 0.5) is 0 Å². The van der Waals surface area contributed by atoms with E-state index >= 15 is 0 Å². The van der Waals surface area contributed by atoms with Crippen molar-refractivity contribution in [2.75, 3.05) is 6.54 Å². The summed E-state index contributed by atoms with van der Waals surface area (Å²) in [5.41, 5.74) is 0. The van der Waals surface area contributed by atoms with Crippen molar-refractivity contribution < 1.29 is 9.90 Å². The average molecular weight is 269 g/mol. The molecule has 0 aliphatic rings. The Morgan fingerprint density at radius 1 is 1.26 bits per heavy atom. The Labute approximate surface area is 118 Å². The quantitative estimate of drug-likeness (QED) is 0.418. The second-order valence-electron chi connectivity index (χ2n) is 5.90. The molecule has 3 nitrogen and oxygen atoms in total. The summed E-state index contributed by atoms with van der Waals surface area (Å²) in [6.45, 7) is 10.6. The van der Waals surface area contributed by atoms with Gasteiger partial charge in [-0.3, -0.25) is 4.79 Å². The third-order valence-corrected chi connectivity index (χ3v) is 3.36. The normalized spacial score (nSPS) is 14.3. The molecule has 2 N–H and O–H groups in total. The highest BCUT2D eigenvalue weighted by molar-refractivity contribution is 5.70. The van der Waals surface area contributed by atoms with Gasteiger partial charge in [-0.15, -0.1) is 6.58 Å². The van der Waals surface area contributed by atoms with Crippen molar-refractivity contribution in [1.82, 2.24) is 5.32 Å². The van der Waals surface area contributed by atoms with Gasteiger partial charge >= 0.3 is 5.97 Å². The molecule has 0 aromatic rings. The second kappa shape index (κ2) is 11.0. The first-order chi connectivity index (χ1) is 8.97. The molecule has 0 aromatic heterocycles. The molecule has 0 aliphatic carbocycles. The minimum Gasteiger partial charge on any atom is -0.481 e. The number of carbonyl (C=O) groups is 1. The summed E-state index contributed by atoms with van der Waals surface area (Å²) in [5.74, 6) is -0.514. The molecule has 2 unspecified atom stereocenters. The van der Waals surface area contributed by atoms with Crippen LogP contribution < -0.4 is 5.32 Å². The third-order valence-electron chi connectivity index (χ3n) is 3.36. The number of nitrogens with one attached hydrogen (secondary N) is 1. The van der Waals surface area contributed by atoms with Gasteiger partial charge in [0, 0.05) is 12.6 Å². The highest BCUT2D eigenvalue weighted by Gasteiger charge is 2.19. The van der Waals surface area contributed by atoms with E-state index in [0.29, 0.717) is 18.5 Å². The van der Waals surface area contributed by atoms with Crippen LogP contribution in [0, 0.1) is 11.8 Å². The predicted molar refractivity (Wildman–Crippen MR) is 81.3 cm³/mol. The summed E-state index contributed by atoms with van der Waals surface area (Å²) in [4.78, 5) is 11.1. The first kappa shape index (κ1) is 18.2. The topological polar surface area (TPSA) is 49.3 Å². The van der Waals surface area contributed by atoms with Crippen molar-refractivity contribution >= 4 is 5.97 Å². The molecule has 0 amide bonds. The first-order valence-corrected chi connectivity index (χ1v) is 7.54. The molecule has 0 spiro atoms. The number of unbranched alkanes of at least 4 members (excludes halogenated alkanes) is 3. The number of hydrogen-bond acceptors (Lipinski definition) is 2. The maximum Gasteiger partial charge on any atom is 0.307 e. The number of aliphatic carboxylic acids is 1. The molecule has 19 heavy (non-hydrogen) atoms. The number of rotatable bonds is 12. The SMILES string of the molecule is C=CCCCCCC(C)NCC(CC(C)C)C(=O)O. The van der Waals surface area contributed by atoms with Gasteiger partial charge in [0.05, 0.1) is 5.92 Å². The van der Waals surface area contributed by atoms with E-state index in [9.17, 15) is 4.79 Å². The molecule has 2 atom stereocenters. The maximum absolute atomic E-state index is 11.1. The van der Waals surface area contributed by atoms with Gasteiger partial charge in [0.2, 0.25) is 0 Å². The second-order valence-corrected chi connectivity index (χ2v) is 5.90.